The molecule has 1 fully saturated rings. The minimum atomic E-state index is -3.71. The number of fused-ring (bicyclic) bond motifs is 1. The van der Waals surface area contributed by atoms with Gasteiger partial charge in [0, 0.05) is 47.6 Å². The van der Waals surface area contributed by atoms with Crippen molar-refractivity contribution in [2.45, 2.75) is 11.8 Å². The van der Waals surface area contributed by atoms with E-state index in [0.717, 1.165) is 27.6 Å². The number of anilines is 2. The van der Waals surface area contributed by atoms with Gasteiger partial charge in [0.1, 0.15) is 0 Å². The molecule has 0 bridgehead atoms. The highest BCUT2D eigenvalue weighted by molar-refractivity contribution is 9.10. The molecule has 6 nitrogen and oxygen atoms in total. The van der Waals surface area contributed by atoms with Crippen molar-refractivity contribution >= 4 is 64.7 Å². The molecule has 4 aromatic rings. The first-order chi connectivity index (χ1) is 17.4. The zero-order valence-corrected chi connectivity index (χ0v) is 23.0. The van der Waals surface area contributed by atoms with Gasteiger partial charge in [0.2, 0.25) is 0 Å². The molecule has 2 heterocycles. The molecule has 186 valence electrons. The number of halogens is 1. The largest absolute Gasteiger partial charge is 0.368 e. The van der Waals surface area contributed by atoms with Crippen molar-refractivity contribution in [3.8, 4) is 0 Å². The minimum absolute atomic E-state index is 0.0280. The van der Waals surface area contributed by atoms with Crippen LogP contribution in [0.3, 0.4) is 0 Å². The fourth-order valence-corrected chi connectivity index (χ4v) is 7.22. The zero-order valence-electron chi connectivity index (χ0n) is 19.8. The third-order valence-electron chi connectivity index (χ3n) is 6.38. The summed E-state index contributed by atoms with van der Waals surface area (Å²) >= 11 is 4.81. The van der Waals surface area contributed by atoms with Crippen LogP contribution in [0.15, 0.2) is 88.2 Å². The van der Waals surface area contributed by atoms with E-state index in [4.69, 9.17) is 0 Å². The van der Waals surface area contributed by atoms with E-state index in [1.807, 2.05) is 54.3 Å². The predicted octanol–water partition coefficient (Wildman–Crippen LogP) is 5.84. The van der Waals surface area contributed by atoms with Crippen molar-refractivity contribution in [3.05, 3.63) is 88.2 Å². The second-order valence-electron chi connectivity index (χ2n) is 8.57. The maximum atomic E-state index is 13.3. The maximum absolute atomic E-state index is 13.3. The Labute approximate surface area is 223 Å². The van der Waals surface area contributed by atoms with E-state index in [0.29, 0.717) is 30.2 Å². The molecule has 3 aromatic carbocycles. The molecule has 1 saturated heterocycles. The number of amides is 1. The summed E-state index contributed by atoms with van der Waals surface area (Å²) in [5.41, 5.74) is 1.76. The van der Waals surface area contributed by atoms with Gasteiger partial charge in [-0.05, 0) is 73.0 Å². The van der Waals surface area contributed by atoms with Gasteiger partial charge in [-0.15, -0.1) is 11.3 Å². The summed E-state index contributed by atoms with van der Waals surface area (Å²) in [4.78, 5) is 18.4. The lowest BCUT2D eigenvalue weighted by Gasteiger charge is -2.35. The van der Waals surface area contributed by atoms with Gasteiger partial charge in [0.05, 0.1) is 15.5 Å². The van der Waals surface area contributed by atoms with E-state index in [-0.39, 0.29) is 10.8 Å². The van der Waals surface area contributed by atoms with Gasteiger partial charge in [0.25, 0.3) is 15.9 Å². The monoisotopic (exact) mass is 583 g/mol. The highest BCUT2D eigenvalue weighted by atomic mass is 79.9. The molecule has 0 saturated carbocycles. The zero-order chi connectivity index (χ0) is 25.3. The van der Waals surface area contributed by atoms with Gasteiger partial charge in [0.15, 0.2) is 0 Å². The van der Waals surface area contributed by atoms with Crippen molar-refractivity contribution in [1.82, 2.24) is 4.90 Å². The fourth-order valence-electron chi connectivity index (χ4n) is 4.48. The number of benzene rings is 3. The van der Waals surface area contributed by atoms with Crippen LogP contribution in [0.5, 0.6) is 0 Å². The minimum Gasteiger partial charge on any atom is -0.368 e. The van der Waals surface area contributed by atoms with Gasteiger partial charge >= 0.3 is 0 Å². The van der Waals surface area contributed by atoms with Crippen LogP contribution in [-0.4, -0.2) is 51.9 Å². The average Bonchev–Trinajstić information content (AvgIpc) is 3.33. The summed E-state index contributed by atoms with van der Waals surface area (Å²) in [6.07, 6.45) is 0. The van der Waals surface area contributed by atoms with Crippen LogP contribution >= 0.6 is 27.3 Å². The first-order valence-corrected chi connectivity index (χ1v) is 14.8. The number of piperazine rings is 1. The number of thiophene rings is 1. The van der Waals surface area contributed by atoms with Gasteiger partial charge in [-0.25, -0.2) is 8.42 Å². The van der Waals surface area contributed by atoms with Crippen LogP contribution in [0, 0.1) is 0 Å². The van der Waals surface area contributed by atoms with Crippen molar-refractivity contribution < 1.29 is 13.2 Å². The summed E-state index contributed by atoms with van der Waals surface area (Å²) in [6, 6.07) is 24.3. The summed E-state index contributed by atoms with van der Waals surface area (Å²) in [5.74, 6) is 0.0280. The quantitative estimate of drug-likeness (QED) is 0.286. The van der Waals surface area contributed by atoms with Gasteiger partial charge in [-0.3, -0.25) is 9.10 Å². The predicted molar refractivity (Wildman–Crippen MR) is 151 cm³/mol. The summed E-state index contributed by atoms with van der Waals surface area (Å²) in [7, 11) is -3.71. The number of para-hydroxylation sites is 1. The van der Waals surface area contributed by atoms with E-state index in [9.17, 15) is 13.2 Å². The van der Waals surface area contributed by atoms with Crippen LogP contribution in [0.2, 0.25) is 0 Å². The molecule has 36 heavy (non-hydrogen) atoms. The van der Waals surface area contributed by atoms with Crippen LogP contribution in [0.4, 0.5) is 11.4 Å². The molecule has 0 N–H and O–H groups in total. The fraction of sp³-hybridized carbons (Fsp3) is 0.222. The molecule has 0 spiro atoms. The Morgan fingerprint density at radius 1 is 0.944 bits per heavy atom. The van der Waals surface area contributed by atoms with Crippen LogP contribution < -0.4 is 9.21 Å². The lowest BCUT2D eigenvalue weighted by atomic mass is 10.2. The second-order valence-corrected chi connectivity index (χ2v) is 12.4. The maximum Gasteiger partial charge on any atom is 0.264 e. The standard InChI is InChI=1S/C27H26BrN3O3S2/c1-2-31(36(33,34)24-11-8-21(28)9-12-24)23-10-13-25-20(18-23)19-26(35-25)27(32)30-16-14-29(15-17-30)22-6-4-3-5-7-22/h3-13,18-19H,2,14-17H2,1H3. The highest BCUT2D eigenvalue weighted by Gasteiger charge is 2.26. The summed E-state index contributed by atoms with van der Waals surface area (Å²) in [5, 5.41) is 0.869. The number of hydrogen-bond acceptors (Lipinski definition) is 5. The molecular weight excluding hydrogens is 558 g/mol. The third kappa shape index (κ3) is 4.87. The SMILES string of the molecule is CCN(c1ccc2sc(C(=O)N3CCN(c4ccccc4)CC3)cc2c1)S(=O)(=O)c1ccc(Br)cc1. The van der Waals surface area contributed by atoms with Crippen molar-refractivity contribution in [1.29, 1.82) is 0 Å². The molecule has 5 rings (SSSR count). The number of sulfonamides is 1. The molecule has 1 amide bonds. The van der Waals surface area contributed by atoms with Crippen molar-refractivity contribution in [2.24, 2.45) is 0 Å². The lowest BCUT2D eigenvalue weighted by molar-refractivity contribution is 0.0751. The van der Waals surface area contributed by atoms with Crippen molar-refractivity contribution in [3.63, 3.8) is 0 Å². The van der Waals surface area contributed by atoms with E-state index >= 15 is 0 Å². The van der Waals surface area contributed by atoms with Crippen LogP contribution in [0.1, 0.15) is 16.6 Å². The molecule has 1 aliphatic rings. The highest BCUT2D eigenvalue weighted by Crippen LogP contribution is 2.33. The molecular formula is C27H26BrN3O3S2. The average molecular weight is 585 g/mol. The summed E-state index contributed by atoms with van der Waals surface area (Å²) < 4.78 is 29.8. The molecule has 0 aliphatic carbocycles. The topological polar surface area (TPSA) is 60.9 Å². The first-order valence-electron chi connectivity index (χ1n) is 11.8. The van der Waals surface area contributed by atoms with E-state index in [1.165, 1.54) is 21.3 Å². The van der Waals surface area contributed by atoms with E-state index in [2.05, 4.69) is 33.0 Å². The van der Waals surface area contributed by atoms with Crippen LogP contribution in [0.25, 0.3) is 10.1 Å². The van der Waals surface area contributed by atoms with Crippen LogP contribution in [-0.2, 0) is 10.0 Å². The number of hydrogen-bond donors (Lipinski definition) is 0. The molecule has 0 unspecified atom stereocenters. The van der Waals surface area contributed by atoms with E-state index < -0.39 is 10.0 Å². The smallest absolute Gasteiger partial charge is 0.264 e. The van der Waals surface area contributed by atoms with Gasteiger partial charge < -0.3 is 9.80 Å². The Kier molecular flexibility index (Phi) is 7.05. The van der Waals surface area contributed by atoms with E-state index in [1.54, 1.807) is 24.3 Å². The number of carbonyl (C=O) groups is 1. The molecule has 9 heteroatoms. The molecule has 1 aromatic heterocycles. The van der Waals surface area contributed by atoms with Crippen molar-refractivity contribution in [2.75, 3.05) is 41.9 Å². The Balaban J connectivity index is 1.35. The molecule has 0 atom stereocenters. The Bertz CT molecular complexity index is 1480. The molecule has 0 radical (unpaired) electrons. The van der Waals surface area contributed by atoms with Gasteiger partial charge in [-0.1, -0.05) is 34.1 Å². The number of carbonyl (C=O) groups excluding carboxylic acids is 1. The Hall–Kier alpha value is -2.88. The Morgan fingerprint density at radius 3 is 2.31 bits per heavy atom. The summed E-state index contributed by atoms with van der Waals surface area (Å²) in [6.45, 7) is 5.04. The normalized spacial score (nSPS) is 14.3. The second kappa shape index (κ2) is 10.2. The number of rotatable bonds is 6. The first kappa shape index (κ1) is 24.8. The third-order valence-corrected chi connectivity index (χ3v) is 9.93. The molecule has 1 aliphatic heterocycles. The van der Waals surface area contributed by atoms with Gasteiger partial charge in [-0.2, -0.15) is 0 Å². The number of nitrogens with zero attached hydrogens (tertiary/aromatic N) is 3. The lowest BCUT2D eigenvalue weighted by Crippen LogP contribution is -2.48. The Morgan fingerprint density at radius 2 is 1.64 bits per heavy atom.